The Bertz CT molecular complexity index is 789. The summed E-state index contributed by atoms with van der Waals surface area (Å²) >= 11 is 0. The summed E-state index contributed by atoms with van der Waals surface area (Å²) in [6, 6.07) is 11.1. The van der Waals surface area contributed by atoms with E-state index in [1.54, 1.807) is 12.1 Å². The molecule has 1 aromatic heterocycles. The Morgan fingerprint density at radius 2 is 1.62 bits per heavy atom. The van der Waals surface area contributed by atoms with Gasteiger partial charge < -0.3 is 14.6 Å². The molecular formula is C18H18O3. The zero-order valence-corrected chi connectivity index (χ0v) is 12.3. The third-order valence-electron chi connectivity index (χ3n) is 3.82. The van der Waals surface area contributed by atoms with Crippen LogP contribution in [0.5, 0.6) is 11.5 Å². The Hall–Kier alpha value is -2.42. The average Bonchev–Trinajstić information content (AvgIpc) is 2.75. The molecule has 0 unspecified atom stereocenters. The number of hydrogen-bond donors (Lipinski definition) is 2. The lowest BCUT2D eigenvalue weighted by atomic mass is 9.97. The first-order valence-corrected chi connectivity index (χ1v) is 7.03. The van der Waals surface area contributed by atoms with Gasteiger partial charge in [-0.25, -0.2) is 0 Å². The minimum Gasteiger partial charge on any atom is -0.507 e. The summed E-state index contributed by atoms with van der Waals surface area (Å²) in [6.07, 6.45) is 0. The number of benzene rings is 2. The molecule has 3 aromatic rings. The first-order valence-electron chi connectivity index (χ1n) is 7.03. The second-order valence-electron chi connectivity index (χ2n) is 5.64. The molecule has 3 nitrogen and oxygen atoms in total. The summed E-state index contributed by atoms with van der Waals surface area (Å²) in [5.74, 6) is 0.924. The van der Waals surface area contributed by atoms with Crippen LogP contribution < -0.4 is 0 Å². The minimum atomic E-state index is 0.0517. The summed E-state index contributed by atoms with van der Waals surface area (Å²) < 4.78 is 5.87. The van der Waals surface area contributed by atoms with Crippen molar-refractivity contribution in [3.05, 3.63) is 47.5 Å². The van der Waals surface area contributed by atoms with Crippen molar-refractivity contribution in [3.63, 3.8) is 0 Å². The van der Waals surface area contributed by atoms with Gasteiger partial charge in [0.1, 0.15) is 22.8 Å². The Morgan fingerprint density at radius 1 is 1.00 bits per heavy atom. The molecule has 3 rings (SSSR count). The largest absolute Gasteiger partial charge is 0.507 e. The Balaban J connectivity index is 2.22. The van der Waals surface area contributed by atoms with Gasteiger partial charge in [0.05, 0.1) is 0 Å². The molecule has 108 valence electrons. The lowest BCUT2D eigenvalue weighted by Crippen LogP contribution is -1.90. The highest BCUT2D eigenvalue weighted by Gasteiger charge is 2.18. The van der Waals surface area contributed by atoms with Gasteiger partial charge in [0.15, 0.2) is 0 Å². The van der Waals surface area contributed by atoms with Crippen LogP contribution in [-0.2, 0) is 0 Å². The number of furan rings is 1. The fourth-order valence-electron chi connectivity index (χ4n) is 2.80. The number of rotatable bonds is 2. The number of hydrogen-bond acceptors (Lipinski definition) is 3. The number of fused-ring (bicyclic) bond motifs is 1. The molecule has 0 aliphatic carbocycles. The summed E-state index contributed by atoms with van der Waals surface area (Å²) in [5, 5.41) is 21.4. The Labute approximate surface area is 123 Å². The van der Waals surface area contributed by atoms with E-state index in [9.17, 15) is 10.2 Å². The standard InChI is InChI=1S/C18H18O3/c1-10(2)17-14(19)8-12(9-15(17)20)18-11(3)13-6-4-5-7-16(13)21-18/h4-10,19-20H,1-3H3. The number of aryl methyl sites for hydroxylation is 1. The monoisotopic (exact) mass is 282 g/mol. The van der Waals surface area contributed by atoms with Crippen molar-refractivity contribution in [3.8, 4) is 22.8 Å². The number of phenolic OH excluding ortho intramolecular Hbond substituents is 2. The summed E-state index contributed by atoms with van der Waals surface area (Å²) in [4.78, 5) is 0. The molecule has 1 heterocycles. The normalized spacial score (nSPS) is 11.4. The lowest BCUT2D eigenvalue weighted by molar-refractivity contribution is 0.433. The van der Waals surface area contributed by atoms with Crippen molar-refractivity contribution in [1.29, 1.82) is 0 Å². The maximum Gasteiger partial charge on any atom is 0.138 e. The second-order valence-corrected chi connectivity index (χ2v) is 5.64. The van der Waals surface area contributed by atoms with Crippen molar-refractivity contribution in [2.24, 2.45) is 0 Å². The summed E-state index contributed by atoms with van der Waals surface area (Å²) in [6.45, 7) is 5.84. The van der Waals surface area contributed by atoms with E-state index in [0.717, 1.165) is 16.5 Å². The van der Waals surface area contributed by atoms with Gasteiger partial charge in [-0.05, 0) is 31.0 Å². The van der Waals surface area contributed by atoms with E-state index in [2.05, 4.69) is 0 Å². The van der Waals surface area contributed by atoms with Crippen LogP contribution in [0, 0.1) is 6.92 Å². The maximum absolute atomic E-state index is 10.2. The molecule has 0 amide bonds. The number of phenols is 2. The highest BCUT2D eigenvalue weighted by molar-refractivity contribution is 5.88. The third-order valence-corrected chi connectivity index (χ3v) is 3.82. The van der Waals surface area contributed by atoms with Crippen LogP contribution in [0.2, 0.25) is 0 Å². The predicted molar refractivity (Wildman–Crippen MR) is 83.8 cm³/mol. The third kappa shape index (κ3) is 2.15. The molecule has 0 saturated carbocycles. The minimum absolute atomic E-state index is 0.0517. The van der Waals surface area contributed by atoms with Gasteiger partial charge in [-0.3, -0.25) is 0 Å². The van der Waals surface area contributed by atoms with Crippen molar-refractivity contribution in [2.45, 2.75) is 26.7 Å². The van der Waals surface area contributed by atoms with E-state index in [0.29, 0.717) is 16.9 Å². The van der Waals surface area contributed by atoms with Crippen molar-refractivity contribution < 1.29 is 14.6 Å². The van der Waals surface area contributed by atoms with E-state index in [-0.39, 0.29) is 17.4 Å². The Morgan fingerprint density at radius 3 is 2.19 bits per heavy atom. The first-order chi connectivity index (χ1) is 9.99. The van der Waals surface area contributed by atoms with Crippen LogP contribution in [0.4, 0.5) is 0 Å². The molecule has 0 spiro atoms. The highest BCUT2D eigenvalue weighted by atomic mass is 16.3. The van der Waals surface area contributed by atoms with Crippen LogP contribution in [0.1, 0.15) is 30.9 Å². The molecule has 0 saturated heterocycles. The summed E-state index contributed by atoms with van der Waals surface area (Å²) in [7, 11) is 0. The number of aromatic hydroxyl groups is 2. The van der Waals surface area contributed by atoms with Gasteiger partial charge in [-0.2, -0.15) is 0 Å². The van der Waals surface area contributed by atoms with E-state index < -0.39 is 0 Å². The zero-order chi connectivity index (χ0) is 15.1. The van der Waals surface area contributed by atoms with Crippen LogP contribution in [-0.4, -0.2) is 10.2 Å². The Kier molecular flexibility index (Phi) is 3.13. The first kappa shape index (κ1) is 13.6. The molecular weight excluding hydrogens is 264 g/mol. The molecule has 3 heteroatoms. The van der Waals surface area contributed by atoms with Crippen LogP contribution in [0.3, 0.4) is 0 Å². The van der Waals surface area contributed by atoms with Crippen molar-refractivity contribution >= 4 is 11.0 Å². The molecule has 0 fully saturated rings. The van der Waals surface area contributed by atoms with Crippen LogP contribution in [0.15, 0.2) is 40.8 Å². The quantitative estimate of drug-likeness (QED) is 0.699. The van der Waals surface area contributed by atoms with Gasteiger partial charge in [-0.1, -0.05) is 32.0 Å². The van der Waals surface area contributed by atoms with E-state index in [4.69, 9.17) is 4.42 Å². The molecule has 0 radical (unpaired) electrons. The zero-order valence-electron chi connectivity index (χ0n) is 12.3. The summed E-state index contributed by atoms with van der Waals surface area (Å²) in [5.41, 5.74) is 3.05. The average molecular weight is 282 g/mol. The molecule has 2 N–H and O–H groups in total. The van der Waals surface area contributed by atoms with Crippen molar-refractivity contribution in [1.82, 2.24) is 0 Å². The van der Waals surface area contributed by atoms with Gasteiger partial charge >= 0.3 is 0 Å². The smallest absolute Gasteiger partial charge is 0.138 e. The van der Waals surface area contributed by atoms with Crippen molar-refractivity contribution in [2.75, 3.05) is 0 Å². The molecule has 0 atom stereocenters. The lowest BCUT2D eigenvalue weighted by Gasteiger charge is -2.12. The molecule has 0 aliphatic heterocycles. The number of para-hydroxylation sites is 1. The molecule has 0 bridgehead atoms. The molecule has 0 aliphatic rings. The van der Waals surface area contributed by atoms with Gasteiger partial charge in [-0.15, -0.1) is 0 Å². The van der Waals surface area contributed by atoms with E-state index in [1.807, 2.05) is 45.0 Å². The van der Waals surface area contributed by atoms with Gasteiger partial charge in [0.25, 0.3) is 0 Å². The molecule has 2 aromatic carbocycles. The van der Waals surface area contributed by atoms with Gasteiger partial charge in [0, 0.05) is 22.1 Å². The topological polar surface area (TPSA) is 53.6 Å². The SMILES string of the molecule is Cc1c(-c2cc(O)c(C(C)C)c(O)c2)oc2ccccc12. The van der Waals surface area contributed by atoms with Crippen LogP contribution >= 0.6 is 0 Å². The molecule has 21 heavy (non-hydrogen) atoms. The van der Waals surface area contributed by atoms with Crippen LogP contribution in [0.25, 0.3) is 22.3 Å². The van der Waals surface area contributed by atoms with E-state index in [1.165, 1.54) is 0 Å². The van der Waals surface area contributed by atoms with Gasteiger partial charge in [0.2, 0.25) is 0 Å². The highest BCUT2D eigenvalue weighted by Crippen LogP contribution is 2.40. The van der Waals surface area contributed by atoms with E-state index >= 15 is 0 Å². The second kappa shape index (κ2) is 4.85. The fourth-order valence-corrected chi connectivity index (χ4v) is 2.80. The predicted octanol–water partition coefficient (Wildman–Crippen LogP) is 4.94. The fraction of sp³-hybridized carbons (Fsp3) is 0.222. The maximum atomic E-state index is 10.2.